The van der Waals surface area contributed by atoms with E-state index in [0.29, 0.717) is 17.7 Å². The van der Waals surface area contributed by atoms with E-state index >= 15 is 0 Å². The van der Waals surface area contributed by atoms with E-state index in [2.05, 4.69) is 47.0 Å². The lowest BCUT2D eigenvalue weighted by Gasteiger charge is -2.39. The standard InChI is InChI=1S/C25H35NO4Si/c1-9-15-26(24(28)29-6)22-16-18-13-11-12-14-20(18)23(27)21(22)17-19(10-2)30-31(7,8)25(3,4)5/h9-14,16,19,27H,1-2,15,17H2,3-8H3. The summed E-state index contributed by atoms with van der Waals surface area (Å²) in [5.41, 5.74) is 1.20. The highest BCUT2D eigenvalue weighted by Crippen LogP contribution is 2.41. The minimum absolute atomic E-state index is 0.0312. The molecular formula is C25H35NO4Si. The number of carbonyl (C=O) groups is 1. The monoisotopic (exact) mass is 441 g/mol. The summed E-state index contributed by atoms with van der Waals surface area (Å²) >= 11 is 0. The first-order chi connectivity index (χ1) is 14.5. The van der Waals surface area contributed by atoms with Crippen molar-refractivity contribution in [1.29, 1.82) is 0 Å². The van der Waals surface area contributed by atoms with Crippen LogP contribution in [0.25, 0.3) is 10.8 Å². The first-order valence-corrected chi connectivity index (χ1v) is 13.4. The van der Waals surface area contributed by atoms with E-state index in [4.69, 9.17) is 9.16 Å². The number of ether oxygens (including phenoxy) is 1. The number of anilines is 1. The zero-order valence-electron chi connectivity index (χ0n) is 19.6. The molecule has 0 aliphatic heterocycles. The Kier molecular flexibility index (Phi) is 7.73. The third-order valence-corrected chi connectivity index (χ3v) is 10.5. The van der Waals surface area contributed by atoms with Crippen molar-refractivity contribution in [3.63, 3.8) is 0 Å². The predicted octanol–water partition coefficient (Wildman–Crippen LogP) is 6.42. The molecule has 0 aromatic heterocycles. The number of hydrogen-bond donors (Lipinski definition) is 1. The third-order valence-electron chi connectivity index (χ3n) is 6.02. The van der Waals surface area contributed by atoms with E-state index < -0.39 is 14.4 Å². The van der Waals surface area contributed by atoms with E-state index in [0.717, 1.165) is 10.8 Å². The number of amides is 1. The fourth-order valence-corrected chi connectivity index (χ4v) is 4.53. The highest BCUT2D eigenvalue weighted by molar-refractivity contribution is 6.74. The summed E-state index contributed by atoms with van der Waals surface area (Å²) in [5.74, 6) is 0.136. The number of aromatic hydroxyl groups is 1. The van der Waals surface area contributed by atoms with Crippen LogP contribution in [0, 0.1) is 0 Å². The van der Waals surface area contributed by atoms with E-state index in [1.54, 1.807) is 12.2 Å². The molecule has 0 fully saturated rings. The molecular weight excluding hydrogens is 406 g/mol. The fourth-order valence-electron chi connectivity index (χ4n) is 3.24. The minimum atomic E-state index is -2.08. The number of fused-ring (bicyclic) bond motifs is 1. The van der Waals surface area contributed by atoms with Gasteiger partial charge in [-0.05, 0) is 29.6 Å². The lowest BCUT2D eigenvalue weighted by molar-refractivity contribution is 0.179. The molecule has 5 nitrogen and oxygen atoms in total. The third kappa shape index (κ3) is 5.38. The Labute approximate surface area is 187 Å². The highest BCUT2D eigenvalue weighted by Gasteiger charge is 2.39. The van der Waals surface area contributed by atoms with Gasteiger partial charge in [0.15, 0.2) is 8.32 Å². The highest BCUT2D eigenvalue weighted by atomic mass is 28.4. The maximum Gasteiger partial charge on any atom is 0.414 e. The molecule has 0 radical (unpaired) electrons. The summed E-state index contributed by atoms with van der Waals surface area (Å²) < 4.78 is 11.6. The van der Waals surface area contributed by atoms with Gasteiger partial charge in [-0.1, -0.05) is 57.2 Å². The summed E-state index contributed by atoms with van der Waals surface area (Å²) in [5, 5.41) is 12.8. The van der Waals surface area contributed by atoms with Gasteiger partial charge in [-0.2, -0.15) is 0 Å². The first-order valence-electron chi connectivity index (χ1n) is 10.5. The molecule has 0 heterocycles. The Hall–Kier alpha value is -2.57. The van der Waals surface area contributed by atoms with Crippen LogP contribution in [-0.4, -0.2) is 39.3 Å². The van der Waals surface area contributed by atoms with Gasteiger partial charge in [0.2, 0.25) is 0 Å². The smallest absolute Gasteiger partial charge is 0.414 e. The second-order valence-corrected chi connectivity index (χ2v) is 13.9. The molecule has 2 rings (SSSR count). The van der Waals surface area contributed by atoms with E-state index in [9.17, 15) is 9.90 Å². The Balaban J connectivity index is 2.63. The molecule has 0 aliphatic carbocycles. The molecule has 1 unspecified atom stereocenters. The number of methoxy groups -OCH3 is 1. The molecule has 2 aromatic rings. The van der Waals surface area contributed by atoms with Crippen molar-refractivity contribution >= 4 is 30.9 Å². The average molecular weight is 442 g/mol. The fraction of sp³-hybridized carbons (Fsp3) is 0.400. The number of nitrogens with zero attached hydrogens (tertiary/aromatic N) is 1. The van der Waals surface area contributed by atoms with Crippen molar-refractivity contribution in [3.05, 3.63) is 61.2 Å². The van der Waals surface area contributed by atoms with Crippen LogP contribution in [0.4, 0.5) is 10.5 Å². The lowest BCUT2D eigenvalue weighted by Crippen LogP contribution is -2.44. The van der Waals surface area contributed by atoms with Crippen molar-refractivity contribution in [2.45, 2.75) is 51.4 Å². The summed E-state index contributed by atoms with van der Waals surface area (Å²) in [6.07, 6.45) is 2.96. The maximum absolute atomic E-state index is 12.5. The summed E-state index contributed by atoms with van der Waals surface area (Å²) in [6.45, 7) is 18.9. The molecule has 6 heteroatoms. The van der Waals surface area contributed by atoms with Gasteiger partial charge in [0.1, 0.15) is 5.75 Å². The summed E-state index contributed by atoms with van der Waals surface area (Å²) in [7, 11) is -0.737. The minimum Gasteiger partial charge on any atom is -0.507 e. The Bertz CT molecular complexity index is 962. The van der Waals surface area contributed by atoms with Crippen molar-refractivity contribution in [2.75, 3.05) is 18.6 Å². The number of benzene rings is 2. The van der Waals surface area contributed by atoms with Gasteiger partial charge >= 0.3 is 6.09 Å². The zero-order valence-corrected chi connectivity index (χ0v) is 20.6. The van der Waals surface area contributed by atoms with Gasteiger partial charge in [0.05, 0.1) is 18.9 Å². The Morgan fingerprint density at radius 3 is 2.45 bits per heavy atom. The molecule has 0 aliphatic rings. The van der Waals surface area contributed by atoms with Gasteiger partial charge in [-0.15, -0.1) is 13.2 Å². The van der Waals surface area contributed by atoms with Gasteiger partial charge in [-0.3, -0.25) is 4.90 Å². The van der Waals surface area contributed by atoms with Crippen LogP contribution >= 0.6 is 0 Å². The topological polar surface area (TPSA) is 59.0 Å². The van der Waals surface area contributed by atoms with Gasteiger partial charge in [0, 0.05) is 23.9 Å². The second-order valence-electron chi connectivity index (χ2n) is 9.17. The molecule has 0 saturated carbocycles. The van der Waals surface area contributed by atoms with Crippen LogP contribution in [0.2, 0.25) is 18.1 Å². The van der Waals surface area contributed by atoms with Crippen LogP contribution in [0.3, 0.4) is 0 Å². The van der Waals surface area contributed by atoms with Crippen LogP contribution in [-0.2, 0) is 15.6 Å². The summed E-state index contributed by atoms with van der Waals surface area (Å²) in [6, 6.07) is 9.45. The van der Waals surface area contributed by atoms with E-state index in [1.807, 2.05) is 30.3 Å². The van der Waals surface area contributed by atoms with Crippen molar-refractivity contribution in [3.8, 4) is 5.75 Å². The Morgan fingerprint density at radius 1 is 1.26 bits per heavy atom. The lowest BCUT2D eigenvalue weighted by atomic mass is 9.98. The molecule has 1 N–H and O–H groups in total. The molecule has 0 saturated heterocycles. The number of phenols is 1. The van der Waals surface area contributed by atoms with Crippen molar-refractivity contribution in [1.82, 2.24) is 0 Å². The Morgan fingerprint density at radius 2 is 1.90 bits per heavy atom. The maximum atomic E-state index is 12.5. The van der Waals surface area contributed by atoms with Gasteiger partial charge in [-0.25, -0.2) is 4.79 Å². The van der Waals surface area contributed by atoms with Crippen LogP contribution in [0.5, 0.6) is 5.75 Å². The van der Waals surface area contributed by atoms with E-state index in [-0.39, 0.29) is 23.4 Å². The molecule has 0 spiro atoms. The second kappa shape index (κ2) is 9.70. The predicted molar refractivity (Wildman–Crippen MR) is 132 cm³/mol. The van der Waals surface area contributed by atoms with Crippen molar-refractivity contribution in [2.24, 2.45) is 0 Å². The van der Waals surface area contributed by atoms with Crippen LogP contribution < -0.4 is 4.90 Å². The molecule has 31 heavy (non-hydrogen) atoms. The SMILES string of the molecule is C=CCN(C(=O)OC)c1cc2ccccc2c(O)c1CC(C=C)O[Si](C)(C)C(C)(C)C. The van der Waals surface area contributed by atoms with Crippen molar-refractivity contribution < 1.29 is 19.1 Å². The first kappa shape index (κ1) is 24.7. The molecule has 1 atom stereocenters. The van der Waals surface area contributed by atoms with Gasteiger partial charge < -0.3 is 14.3 Å². The number of hydrogen-bond acceptors (Lipinski definition) is 4. The molecule has 168 valence electrons. The molecule has 0 bridgehead atoms. The normalized spacial score (nSPS) is 13.0. The number of phenolic OH excluding ortho intramolecular Hbond substituents is 1. The van der Waals surface area contributed by atoms with E-state index in [1.165, 1.54) is 12.0 Å². The molecule has 1 amide bonds. The van der Waals surface area contributed by atoms with Crippen LogP contribution in [0.15, 0.2) is 55.6 Å². The van der Waals surface area contributed by atoms with Crippen LogP contribution in [0.1, 0.15) is 26.3 Å². The molecule has 2 aromatic carbocycles. The quantitative estimate of drug-likeness (QED) is 0.379. The number of rotatable bonds is 8. The number of carbonyl (C=O) groups excluding carboxylic acids is 1. The van der Waals surface area contributed by atoms with Gasteiger partial charge in [0.25, 0.3) is 0 Å². The zero-order chi connectivity index (χ0) is 23.4. The average Bonchev–Trinajstić information content (AvgIpc) is 2.71. The largest absolute Gasteiger partial charge is 0.507 e. The summed E-state index contributed by atoms with van der Waals surface area (Å²) in [4.78, 5) is 14.0.